The normalized spacial score (nSPS) is 14.0. The van der Waals surface area contributed by atoms with Gasteiger partial charge in [-0.15, -0.1) is 0 Å². The van der Waals surface area contributed by atoms with E-state index in [1.807, 2.05) is 0 Å². The Labute approximate surface area is 108 Å². The number of hydrogen-bond donors (Lipinski definition) is 0. The Kier molecular flexibility index (Phi) is 3.52. The number of para-hydroxylation sites is 2. The first-order valence-electron chi connectivity index (χ1n) is 6.13. The molecule has 0 fully saturated rings. The van der Waals surface area contributed by atoms with Crippen molar-refractivity contribution < 1.29 is 22.1 Å². The highest BCUT2D eigenvalue weighted by Gasteiger charge is 2.49. The molecule has 2 rings (SSSR count). The van der Waals surface area contributed by atoms with Crippen molar-refractivity contribution in [2.75, 3.05) is 0 Å². The molecule has 0 saturated carbocycles. The summed E-state index contributed by atoms with van der Waals surface area (Å²) in [5.41, 5.74) is 1.24. The Morgan fingerprint density at radius 3 is 2.37 bits per heavy atom. The van der Waals surface area contributed by atoms with Crippen molar-refractivity contribution in [3.63, 3.8) is 0 Å². The van der Waals surface area contributed by atoms with Gasteiger partial charge in [0.05, 0.1) is 13.1 Å². The molecule has 0 aliphatic rings. The van der Waals surface area contributed by atoms with E-state index in [-0.39, 0.29) is 5.82 Å². The van der Waals surface area contributed by atoms with Crippen LogP contribution in [0.1, 0.15) is 25.8 Å². The predicted molar refractivity (Wildman–Crippen MR) is 63.4 cm³/mol. The number of halogens is 4. The second-order valence-corrected chi connectivity index (χ2v) is 4.24. The minimum atomic E-state index is -4.89. The number of imidazole rings is 1. The summed E-state index contributed by atoms with van der Waals surface area (Å²) < 4.78 is 54.7. The van der Waals surface area contributed by atoms with Gasteiger partial charge in [-0.25, -0.2) is 13.5 Å². The van der Waals surface area contributed by atoms with E-state index in [0.717, 1.165) is 0 Å². The number of nitrogens with zero attached hydrogens (tertiary/aromatic N) is 2. The zero-order chi connectivity index (χ0) is 14.2. The van der Waals surface area contributed by atoms with Gasteiger partial charge in [0.2, 0.25) is 0 Å². The Morgan fingerprint density at radius 1 is 1.21 bits per heavy atom. The quantitative estimate of drug-likeness (QED) is 0.598. The molecular weight excluding hydrogens is 260 g/mol. The van der Waals surface area contributed by atoms with E-state index in [1.54, 1.807) is 38.1 Å². The van der Waals surface area contributed by atoms with Crippen LogP contribution in [0.25, 0.3) is 11.0 Å². The van der Waals surface area contributed by atoms with Crippen molar-refractivity contribution >= 4 is 11.0 Å². The number of aromatic nitrogens is 2. The molecule has 6 heteroatoms. The van der Waals surface area contributed by atoms with Crippen LogP contribution in [0.5, 0.6) is 0 Å². The van der Waals surface area contributed by atoms with Crippen LogP contribution in [0.4, 0.5) is 17.6 Å². The molecule has 2 nitrogen and oxygen atoms in total. The van der Waals surface area contributed by atoms with Crippen LogP contribution >= 0.6 is 0 Å². The first-order chi connectivity index (χ1) is 8.91. The van der Waals surface area contributed by atoms with Gasteiger partial charge in [-0.3, -0.25) is 0 Å². The van der Waals surface area contributed by atoms with Gasteiger partial charge in [0.25, 0.3) is 6.17 Å². The van der Waals surface area contributed by atoms with Gasteiger partial charge in [0, 0.05) is 0 Å². The summed E-state index contributed by atoms with van der Waals surface area (Å²) in [4.78, 5) is 0. The molecule has 0 saturated heterocycles. The fraction of sp³-hybridized carbons (Fsp3) is 0.462. The molecule has 0 spiro atoms. The molecule has 0 amide bonds. The summed E-state index contributed by atoms with van der Waals surface area (Å²) in [6.07, 6.45) is -7.86. The second-order valence-electron chi connectivity index (χ2n) is 4.24. The van der Waals surface area contributed by atoms with E-state index in [0.29, 0.717) is 24.1 Å². The second kappa shape index (κ2) is 4.83. The smallest absolute Gasteiger partial charge is 0.225 e. The van der Waals surface area contributed by atoms with Gasteiger partial charge < -0.3 is 0 Å². The minimum Gasteiger partial charge on any atom is -0.225 e. The molecule has 0 radical (unpaired) electrons. The Balaban J connectivity index is 2.78. The number of benzene rings is 1. The highest BCUT2D eigenvalue weighted by atomic mass is 19.4. The monoisotopic (exact) mass is 275 g/mol. The molecule has 0 N–H and O–H groups in total. The Bertz CT molecular complexity index is 545. The summed E-state index contributed by atoms with van der Waals surface area (Å²) in [6.45, 7) is 4.00. The molecule has 1 aromatic carbocycles. The van der Waals surface area contributed by atoms with Crippen LogP contribution in [-0.4, -0.2) is 10.7 Å². The fourth-order valence-electron chi connectivity index (χ4n) is 2.40. The third kappa shape index (κ3) is 2.19. The van der Waals surface area contributed by atoms with Gasteiger partial charge in [-0.05, 0) is 26.0 Å². The molecule has 104 valence electrons. The zero-order valence-electron chi connectivity index (χ0n) is 10.7. The lowest BCUT2D eigenvalue weighted by molar-refractivity contribution is -0.681. The van der Waals surface area contributed by atoms with Crippen LogP contribution in [0.3, 0.4) is 0 Å². The maximum absolute atomic E-state index is 13.8. The topological polar surface area (TPSA) is 8.81 Å². The van der Waals surface area contributed by atoms with Crippen LogP contribution in [0.2, 0.25) is 0 Å². The van der Waals surface area contributed by atoms with Gasteiger partial charge >= 0.3 is 12.0 Å². The summed E-state index contributed by atoms with van der Waals surface area (Å²) in [5, 5.41) is 0. The average Bonchev–Trinajstić information content (AvgIpc) is 2.69. The molecule has 0 unspecified atom stereocenters. The Hall–Kier alpha value is -1.59. The third-order valence-electron chi connectivity index (χ3n) is 3.16. The summed E-state index contributed by atoms with van der Waals surface area (Å²) in [5.74, 6) is -0.335. The van der Waals surface area contributed by atoms with Crippen molar-refractivity contribution in [3.8, 4) is 0 Å². The van der Waals surface area contributed by atoms with E-state index in [1.165, 1.54) is 9.13 Å². The van der Waals surface area contributed by atoms with Crippen molar-refractivity contribution in [2.24, 2.45) is 0 Å². The van der Waals surface area contributed by atoms with Crippen LogP contribution in [0.15, 0.2) is 24.3 Å². The lowest BCUT2D eigenvalue weighted by Gasteiger charge is -2.11. The first-order valence-corrected chi connectivity index (χ1v) is 6.13. The Morgan fingerprint density at radius 2 is 1.84 bits per heavy atom. The van der Waals surface area contributed by atoms with Crippen molar-refractivity contribution in [1.82, 2.24) is 4.57 Å². The molecule has 0 bridgehead atoms. The summed E-state index contributed by atoms with van der Waals surface area (Å²) in [6, 6.07) is 6.88. The first kappa shape index (κ1) is 13.8. The fourth-order valence-corrected chi connectivity index (χ4v) is 2.40. The number of hydrogen-bond acceptors (Lipinski definition) is 0. The maximum Gasteiger partial charge on any atom is 0.431 e. The van der Waals surface area contributed by atoms with Crippen LogP contribution in [0, 0.1) is 0 Å². The number of aryl methyl sites for hydroxylation is 2. The van der Waals surface area contributed by atoms with Gasteiger partial charge in [-0.2, -0.15) is 13.2 Å². The van der Waals surface area contributed by atoms with Crippen molar-refractivity contribution in [2.45, 2.75) is 39.3 Å². The van der Waals surface area contributed by atoms with E-state index in [2.05, 4.69) is 0 Å². The zero-order valence-corrected chi connectivity index (χ0v) is 10.7. The van der Waals surface area contributed by atoms with Crippen LogP contribution < -0.4 is 4.57 Å². The standard InChI is InChI=1S/C13H15F4N2/c1-3-18-9-7-5-6-8-10(9)19(4-2)12(18)11(14)13(15,16)17/h5-8,11H,3-4H2,1-2H3/q+1/t11-/m1/s1. The van der Waals surface area contributed by atoms with Crippen molar-refractivity contribution in [1.29, 1.82) is 0 Å². The number of rotatable bonds is 3. The third-order valence-corrected chi connectivity index (χ3v) is 3.16. The molecule has 1 aromatic heterocycles. The highest BCUT2D eigenvalue weighted by molar-refractivity contribution is 5.72. The van der Waals surface area contributed by atoms with E-state index in [4.69, 9.17) is 0 Å². The van der Waals surface area contributed by atoms with Gasteiger partial charge in [0.15, 0.2) is 11.0 Å². The average molecular weight is 275 g/mol. The molecule has 2 aromatic rings. The number of alkyl halides is 4. The molecular formula is C13H15F4N2+. The molecule has 1 atom stereocenters. The van der Waals surface area contributed by atoms with Crippen molar-refractivity contribution in [3.05, 3.63) is 30.1 Å². The lowest BCUT2D eigenvalue weighted by atomic mass is 10.3. The molecule has 0 aliphatic heterocycles. The summed E-state index contributed by atoms with van der Waals surface area (Å²) in [7, 11) is 0. The SMILES string of the molecule is CCn1c([C@@H](F)C(F)(F)F)[n+](CC)c2ccccc21. The van der Waals surface area contributed by atoms with E-state index < -0.39 is 12.3 Å². The molecule has 19 heavy (non-hydrogen) atoms. The molecule has 0 aliphatic carbocycles. The van der Waals surface area contributed by atoms with Gasteiger partial charge in [-0.1, -0.05) is 12.1 Å². The maximum atomic E-state index is 13.8. The highest BCUT2D eigenvalue weighted by Crippen LogP contribution is 2.36. The summed E-state index contributed by atoms with van der Waals surface area (Å²) >= 11 is 0. The predicted octanol–water partition coefficient (Wildman–Crippen LogP) is 3.54. The van der Waals surface area contributed by atoms with E-state index >= 15 is 0 Å². The lowest BCUT2D eigenvalue weighted by Crippen LogP contribution is -2.40. The number of fused-ring (bicyclic) bond motifs is 1. The van der Waals surface area contributed by atoms with E-state index in [9.17, 15) is 17.6 Å². The van der Waals surface area contributed by atoms with Crippen LogP contribution in [-0.2, 0) is 13.1 Å². The largest absolute Gasteiger partial charge is 0.431 e. The van der Waals surface area contributed by atoms with Gasteiger partial charge in [0.1, 0.15) is 0 Å². The molecule has 1 heterocycles. The minimum absolute atomic E-state index is 0.291.